The lowest BCUT2D eigenvalue weighted by atomic mass is 10.2. The standard InChI is InChI=1S/C10H13N3O/c1-8-2-4-9(5-3-8)13-6-10(12-14)11-7-13/h2-5,14H,6-7H2,1H3,(H,11,12). The van der Waals surface area contributed by atoms with Crippen LogP contribution in [0, 0.1) is 6.92 Å². The van der Waals surface area contributed by atoms with Crippen LogP contribution < -0.4 is 10.4 Å². The predicted octanol–water partition coefficient (Wildman–Crippen LogP) is 1.15. The molecule has 2 N–H and O–H groups in total. The van der Waals surface area contributed by atoms with Gasteiger partial charge in [-0.05, 0) is 19.1 Å². The molecular weight excluding hydrogens is 178 g/mol. The van der Waals surface area contributed by atoms with Crippen molar-refractivity contribution in [2.24, 2.45) is 4.99 Å². The van der Waals surface area contributed by atoms with Crippen molar-refractivity contribution < 1.29 is 5.21 Å². The Morgan fingerprint density at radius 3 is 2.64 bits per heavy atom. The van der Waals surface area contributed by atoms with Crippen LogP contribution in [0.5, 0.6) is 0 Å². The topological polar surface area (TPSA) is 47.9 Å². The molecule has 4 nitrogen and oxygen atoms in total. The maximum Gasteiger partial charge on any atom is 0.142 e. The van der Waals surface area contributed by atoms with Gasteiger partial charge in [-0.2, -0.15) is 0 Å². The van der Waals surface area contributed by atoms with E-state index in [1.165, 1.54) is 5.56 Å². The van der Waals surface area contributed by atoms with E-state index >= 15 is 0 Å². The molecule has 1 aliphatic heterocycles. The Kier molecular flexibility index (Phi) is 2.37. The van der Waals surface area contributed by atoms with Crippen molar-refractivity contribution in [3.05, 3.63) is 29.8 Å². The highest BCUT2D eigenvalue weighted by Gasteiger charge is 2.14. The highest BCUT2D eigenvalue weighted by atomic mass is 16.5. The summed E-state index contributed by atoms with van der Waals surface area (Å²) in [6.07, 6.45) is 0. The highest BCUT2D eigenvalue weighted by Crippen LogP contribution is 2.16. The fourth-order valence-electron chi connectivity index (χ4n) is 1.45. The molecule has 1 heterocycles. The first-order valence-electron chi connectivity index (χ1n) is 4.54. The molecule has 4 heteroatoms. The van der Waals surface area contributed by atoms with Crippen molar-refractivity contribution in [1.82, 2.24) is 5.48 Å². The molecule has 1 aromatic rings. The Morgan fingerprint density at radius 1 is 1.36 bits per heavy atom. The predicted molar refractivity (Wildman–Crippen MR) is 55.7 cm³/mol. The van der Waals surface area contributed by atoms with Gasteiger partial charge < -0.3 is 4.90 Å². The maximum absolute atomic E-state index is 8.67. The molecule has 0 saturated heterocycles. The molecule has 14 heavy (non-hydrogen) atoms. The summed E-state index contributed by atoms with van der Waals surface area (Å²) in [5.41, 5.74) is 4.46. The number of hydrogen-bond acceptors (Lipinski definition) is 4. The van der Waals surface area contributed by atoms with E-state index in [1.807, 2.05) is 0 Å². The van der Waals surface area contributed by atoms with Gasteiger partial charge in [0.05, 0.1) is 6.54 Å². The number of amidine groups is 1. The van der Waals surface area contributed by atoms with Crippen LogP contribution in [0.1, 0.15) is 5.56 Å². The van der Waals surface area contributed by atoms with E-state index in [-0.39, 0.29) is 0 Å². The van der Waals surface area contributed by atoms with E-state index in [0.29, 0.717) is 19.0 Å². The van der Waals surface area contributed by atoms with Gasteiger partial charge in [-0.15, -0.1) is 0 Å². The number of hydrogen-bond donors (Lipinski definition) is 2. The van der Waals surface area contributed by atoms with Crippen molar-refractivity contribution in [3.8, 4) is 0 Å². The van der Waals surface area contributed by atoms with Crippen molar-refractivity contribution in [2.45, 2.75) is 6.92 Å². The minimum absolute atomic E-state index is 0.603. The van der Waals surface area contributed by atoms with Crippen LogP contribution in [0.4, 0.5) is 5.69 Å². The smallest absolute Gasteiger partial charge is 0.142 e. The molecule has 1 aromatic carbocycles. The molecular formula is C10H13N3O. The first-order valence-corrected chi connectivity index (χ1v) is 4.54. The molecule has 0 radical (unpaired) electrons. The van der Waals surface area contributed by atoms with Crippen LogP contribution in [0.15, 0.2) is 29.3 Å². The summed E-state index contributed by atoms with van der Waals surface area (Å²) in [5.74, 6) is 0.616. The fourth-order valence-corrected chi connectivity index (χ4v) is 1.45. The number of benzene rings is 1. The molecule has 0 aromatic heterocycles. The summed E-state index contributed by atoms with van der Waals surface area (Å²) in [7, 11) is 0. The lowest BCUT2D eigenvalue weighted by Gasteiger charge is -2.16. The molecule has 2 rings (SSSR count). The molecule has 0 spiro atoms. The highest BCUT2D eigenvalue weighted by molar-refractivity contribution is 5.88. The number of anilines is 1. The first-order chi connectivity index (χ1) is 6.79. The van der Waals surface area contributed by atoms with E-state index in [9.17, 15) is 0 Å². The second-order valence-electron chi connectivity index (χ2n) is 3.39. The molecule has 0 amide bonds. The van der Waals surface area contributed by atoms with Crippen LogP contribution >= 0.6 is 0 Å². The van der Waals surface area contributed by atoms with Gasteiger partial charge in [0.15, 0.2) is 0 Å². The Morgan fingerprint density at radius 2 is 2.07 bits per heavy atom. The number of aliphatic imine (C=N–C) groups is 1. The Labute approximate surface area is 82.8 Å². The van der Waals surface area contributed by atoms with E-state index in [4.69, 9.17) is 5.21 Å². The van der Waals surface area contributed by atoms with Crippen LogP contribution in [0.25, 0.3) is 0 Å². The third-order valence-corrected chi connectivity index (χ3v) is 2.30. The average molecular weight is 191 g/mol. The summed E-state index contributed by atoms with van der Waals surface area (Å²) < 4.78 is 0. The number of nitrogens with one attached hydrogen (secondary N) is 1. The van der Waals surface area contributed by atoms with Gasteiger partial charge in [-0.3, -0.25) is 10.7 Å². The number of nitrogens with zero attached hydrogens (tertiary/aromatic N) is 2. The van der Waals surface area contributed by atoms with Crippen molar-refractivity contribution in [1.29, 1.82) is 0 Å². The van der Waals surface area contributed by atoms with Gasteiger partial charge in [0, 0.05) is 5.69 Å². The molecule has 0 aliphatic carbocycles. The van der Waals surface area contributed by atoms with Crippen LogP contribution in [-0.4, -0.2) is 24.3 Å². The van der Waals surface area contributed by atoms with E-state index in [0.717, 1.165) is 5.69 Å². The molecule has 0 saturated carbocycles. The third kappa shape index (κ3) is 1.70. The first kappa shape index (κ1) is 9.02. The third-order valence-electron chi connectivity index (χ3n) is 2.30. The van der Waals surface area contributed by atoms with Crippen molar-refractivity contribution in [3.63, 3.8) is 0 Å². The Balaban J connectivity index is 2.08. The van der Waals surface area contributed by atoms with Gasteiger partial charge in [0.2, 0.25) is 0 Å². The van der Waals surface area contributed by atoms with E-state index < -0.39 is 0 Å². The number of aryl methyl sites for hydroxylation is 1. The lowest BCUT2D eigenvalue weighted by molar-refractivity contribution is 0.233. The van der Waals surface area contributed by atoms with Crippen molar-refractivity contribution in [2.75, 3.05) is 18.1 Å². The van der Waals surface area contributed by atoms with Gasteiger partial charge in [0.1, 0.15) is 12.5 Å². The second kappa shape index (κ2) is 3.67. The summed E-state index contributed by atoms with van der Waals surface area (Å²) in [6, 6.07) is 8.26. The normalized spacial score (nSPS) is 15.6. The van der Waals surface area contributed by atoms with Gasteiger partial charge >= 0.3 is 0 Å². The molecule has 0 unspecified atom stereocenters. The molecule has 0 atom stereocenters. The van der Waals surface area contributed by atoms with Crippen molar-refractivity contribution >= 4 is 11.5 Å². The number of hydroxylamine groups is 1. The molecule has 1 aliphatic rings. The largest absolute Gasteiger partial charge is 0.345 e. The van der Waals surface area contributed by atoms with Gasteiger partial charge in [-0.25, -0.2) is 4.99 Å². The summed E-state index contributed by atoms with van der Waals surface area (Å²) in [4.78, 5) is 6.20. The molecule has 74 valence electrons. The minimum atomic E-state index is 0.603. The van der Waals surface area contributed by atoms with E-state index in [1.54, 1.807) is 0 Å². The lowest BCUT2D eigenvalue weighted by Crippen LogP contribution is -2.28. The zero-order valence-corrected chi connectivity index (χ0v) is 8.07. The van der Waals surface area contributed by atoms with Crippen LogP contribution in [0.3, 0.4) is 0 Å². The summed E-state index contributed by atoms with van der Waals surface area (Å²) in [5, 5.41) is 8.67. The van der Waals surface area contributed by atoms with Crippen LogP contribution in [0.2, 0.25) is 0 Å². The molecule has 0 fully saturated rings. The van der Waals surface area contributed by atoms with E-state index in [2.05, 4.69) is 46.6 Å². The van der Waals surface area contributed by atoms with Crippen LogP contribution in [-0.2, 0) is 0 Å². The zero-order chi connectivity index (χ0) is 9.97. The fraction of sp³-hybridized carbons (Fsp3) is 0.300. The average Bonchev–Trinajstić information content (AvgIpc) is 2.67. The van der Waals surface area contributed by atoms with Gasteiger partial charge in [0.25, 0.3) is 0 Å². The number of rotatable bonds is 1. The minimum Gasteiger partial charge on any atom is -0.345 e. The Bertz CT molecular complexity index is 345. The molecule has 0 bridgehead atoms. The van der Waals surface area contributed by atoms with Gasteiger partial charge in [-0.1, -0.05) is 17.7 Å². The Hall–Kier alpha value is -1.55. The summed E-state index contributed by atoms with van der Waals surface area (Å²) in [6.45, 7) is 3.30. The monoisotopic (exact) mass is 191 g/mol. The second-order valence-corrected chi connectivity index (χ2v) is 3.39. The maximum atomic E-state index is 8.67. The SMILES string of the molecule is Cc1ccc(N2CN=C(NO)C2)cc1. The zero-order valence-electron chi connectivity index (χ0n) is 8.07. The quantitative estimate of drug-likeness (QED) is 0.655. The summed E-state index contributed by atoms with van der Waals surface area (Å²) >= 11 is 0.